The third-order valence-electron chi connectivity index (χ3n) is 2.23. The summed E-state index contributed by atoms with van der Waals surface area (Å²) in [4.78, 5) is 0. The predicted octanol–water partition coefficient (Wildman–Crippen LogP) is 2.35. The zero-order chi connectivity index (χ0) is 9.97. The Bertz CT molecular complexity index is 487. The first-order chi connectivity index (χ1) is 6.81. The number of hydrogen-bond donors (Lipinski definition) is 2. The lowest BCUT2D eigenvalue weighted by atomic mass is 10.1. The average Bonchev–Trinajstić information content (AvgIpc) is 2.19. The number of benzene rings is 2. The summed E-state index contributed by atoms with van der Waals surface area (Å²) in [5.74, 6) is 0. The van der Waals surface area contributed by atoms with E-state index in [9.17, 15) is 0 Å². The lowest BCUT2D eigenvalue weighted by molar-refractivity contribution is 1.61. The number of nitrogen functional groups attached to an aromatic ring is 1. The molecule has 0 aliphatic carbocycles. The molecule has 2 heteroatoms. The maximum Gasteiger partial charge on any atom is 0.0394 e. The van der Waals surface area contributed by atoms with Crippen molar-refractivity contribution in [2.75, 3.05) is 5.73 Å². The fourth-order valence-corrected chi connectivity index (χ4v) is 1.52. The monoisotopic (exact) mass is 184 g/mol. The zero-order valence-electron chi connectivity index (χ0n) is 7.77. The van der Waals surface area contributed by atoms with Gasteiger partial charge in [-0.1, -0.05) is 24.3 Å². The Morgan fingerprint density at radius 3 is 2.29 bits per heavy atom. The summed E-state index contributed by atoms with van der Waals surface area (Å²) in [7, 11) is 0. The zero-order valence-corrected chi connectivity index (χ0v) is 7.77. The van der Waals surface area contributed by atoms with Crippen LogP contribution in [0.2, 0.25) is 0 Å². The van der Waals surface area contributed by atoms with Gasteiger partial charge in [-0.25, -0.2) is 0 Å². The van der Waals surface area contributed by atoms with Crippen molar-refractivity contribution in [1.29, 1.82) is 0 Å². The summed E-state index contributed by atoms with van der Waals surface area (Å²) in [6, 6.07) is 12.1. The van der Waals surface area contributed by atoms with E-state index < -0.39 is 0 Å². The predicted molar refractivity (Wildman–Crippen MR) is 61.6 cm³/mol. The fourth-order valence-electron chi connectivity index (χ4n) is 1.52. The molecular formula is C12H12N2. The Morgan fingerprint density at radius 1 is 1.00 bits per heavy atom. The molecule has 0 heterocycles. The SMILES string of the molecule is N/C=C\c1cc2ccccc2cc1N. The lowest BCUT2D eigenvalue weighted by Gasteiger charge is -2.03. The Hall–Kier alpha value is -1.96. The molecule has 0 unspecified atom stereocenters. The van der Waals surface area contributed by atoms with E-state index >= 15 is 0 Å². The third kappa shape index (κ3) is 1.42. The molecule has 2 aromatic carbocycles. The van der Waals surface area contributed by atoms with Crippen LogP contribution in [0.15, 0.2) is 42.6 Å². The van der Waals surface area contributed by atoms with E-state index in [1.807, 2.05) is 36.4 Å². The molecule has 0 spiro atoms. The second kappa shape index (κ2) is 3.42. The van der Waals surface area contributed by atoms with Crippen molar-refractivity contribution >= 4 is 22.5 Å². The molecule has 70 valence electrons. The van der Waals surface area contributed by atoms with Crippen molar-refractivity contribution in [2.24, 2.45) is 5.73 Å². The number of fused-ring (bicyclic) bond motifs is 1. The highest BCUT2D eigenvalue weighted by atomic mass is 14.6. The second-order valence-corrected chi connectivity index (χ2v) is 3.19. The molecule has 0 aliphatic rings. The third-order valence-corrected chi connectivity index (χ3v) is 2.23. The van der Waals surface area contributed by atoms with E-state index in [1.165, 1.54) is 11.6 Å². The Kier molecular flexibility index (Phi) is 2.11. The van der Waals surface area contributed by atoms with Gasteiger partial charge in [0.2, 0.25) is 0 Å². The highest BCUT2D eigenvalue weighted by molar-refractivity contribution is 5.89. The molecule has 14 heavy (non-hydrogen) atoms. The van der Waals surface area contributed by atoms with Gasteiger partial charge in [0.05, 0.1) is 0 Å². The van der Waals surface area contributed by atoms with Gasteiger partial charge in [-0.3, -0.25) is 0 Å². The first-order valence-corrected chi connectivity index (χ1v) is 4.48. The number of hydrogen-bond acceptors (Lipinski definition) is 2. The van der Waals surface area contributed by atoms with Crippen LogP contribution in [0.4, 0.5) is 5.69 Å². The van der Waals surface area contributed by atoms with Crippen LogP contribution < -0.4 is 11.5 Å². The van der Waals surface area contributed by atoms with Crippen molar-refractivity contribution in [3.05, 3.63) is 48.2 Å². The van der Waals surface area contributed by atoms with Crippen LogP contribution >= 0.6 is 0 Å². The summed E-state index contributed by atoms with van der Waals surface area (Å²) in [6.07, 6.45) is 3.31. The second-order valence-electron chi connectivity index (χ2n) is 3.19. The highest BCUT2D eigenvalue weighted by Crippen LogP contribution is 2.22. The lowest BCUT2D eigenvalue weighted by Crippen LogP contribution is -1.90. The van der Waals surface area contributed by atoms with E-state index in [2.05, 4.69) is 6.07 Å². The van der Waals surface area contributed by atoms with Gasteiger partial charge in [0.25, 0.3) is 0 Å². The molecule has 0 aliphatic heterocycles. The Morgan fingerprint density at radius 2 is 1.64 bits per heavy atom. The van der Waals surface area contributed by atoms with E-state index in [4.69, 9.17) is 11.5 Å². The first-order valence-electron chi connectivity index (χ1n) is 4.48. The molecule has 0 atom stereocenters. The molecule has 0 aromatic heterocycles. The summed E-state index contributed by atoms with van der Waals surface area (Å²) < 4.78 is 0. The maximum atomic E-state index is 5.87. The van der Waals surface area contributed by atoms with Crippen LogP contribution in [0, 0.1) is 0 Å². The molecule has 0 fully saturated rings. The van der Waals surface area contributed by atoms with Crippen LogP contribution in [0.1, 0.15) is 5.56 Å². The van der Waals surface area contributed by atoms with Gasteiger partial charge in [0, 0.05) is 5.69 Å². The minimum Gasteiger partial charge on any atom is -0.405 e. The summed E-state index contributed by atoms with van der Waals surface area (Å²) in [6.45, 7) is 0. The average molecular weight is 184 g/mol. The molecule has 4 N–H and O–H groups in total. The quantitative estimate of drug-likeness (QED) is 0.668. The van der Waals surface area contributed by atoms with Gasteiger partial charge in [0.1, 0.15) is 0 Å². The summed E-state index contributed by atoms with van der Waals surface area (Å²) in [5.41, 5.74) is 12.9. The normalized spacial score (nSPS) is 11.1. The largest absolute Gasteiger partial charge is 0.405 e. The fraction of sp³-hybridized carbons (Fsp3) is 0. The van der Waals surface area contributed by atoms with Gasteiger partial charge in [-0.15, -0.1) is 0 Å². The van der Waals surface area contributed by atoms with Crippen molar-refractivity contribution in [3.8, 4) is 0 Å². The molecule has 2 aromatic rings. The molecule has 0 bridgehead atoms. The number of rotatable bonds is 1. The van der Waals surface area contributed by atoms with Crippen molar-refractivity contribution in [1.82, 2.24) is 0 Å². The molecule has 0 saturated carbocycles. The molecule has 0 saturated heterocycles. The topological polar surface area (TPSA) is 52.0 Å². The minimum absolute atomic E-state index is 0.755. The van der Waals surface area contributed by atoms with Gasteiger partial charge in [-0.2, -0.15) is 0 Å². The minimum atomic E-state index is 0.755. The van der Waals surface area contributed by atoms with Gasteiger partial charge >= 0.3 is 0 Å². The summed E-state index contributed by atoms with van der Waals surface area (Å²) in [5, 5.41) is 2.33. The van der Waals surface area contributed by atoms with Crippen LogP contribution in [-0.2, 0) is 0 Å². The molecule has 2 nitrogen and oxygen atoms in total. The van der Waals surface area contributed by atoms with Gasteiger partial charge in [-0.05, 0) is 40.7 Å². The first kappa shape index (κ1) is 8.63. The number of anilines is 1. The van der Waals surface area contributed by atoms with Crippen LogP contribution in [0.3, 0.4) is 0 Å². The van der Waals surface area contributed by atoms with Gasteiger partial charge in [0.15, 0.2) is 0 Å². The van der Waals surface area contributed by atoms with Gasteiger partial charge < -0.3 is 11.5 Å². The standard InChI is InChI=1S/C12H12N2/c13-6-5-11-7-9-3-1-2-4-10(9)8-12(11)14/h1-8H,13-14H2/b6-5-. The molecule has 2 rings (SSSR count). The van der Waals surface area contributed by atoms with E-state index in [0.717, 1.165) is 16.6 Å². The van der Waals surface area contributed by atoms with Crippen LogP contribution in [-0.4, -0.2) is 0 Å². The van der Waals surface area contributed by atoms with E-state index in [0.29, 0.717) is 0 Å². The van der Waals surface area contributed by atoms with Crippen LogP contribution in [0.5, 0.6) is 0 Å². The van der Waals surface area contributed by atoms with E-state index in [-0.39, 0.29) is 0 Å². The molecule has 0 amide bonds. The number of nitrogens with two attached hydrogens (primary N) is 2. The highest BCUT2D eigenvalue weighted by Gasteiger charge is 1.98. The maximum absolute atomic E-state index is 5.87. The van der Waals surface area contributed by atoms with Crippen molar-refractivity contribution in [3.63, 3.8) is 0 Å². The summed E-state index contributed by atoms with van der Waals surface area (Å²) >= 11 is 0. The smallest absolute Gasteiger partial charge is 0.0394 e. The Labute approximate surface area is 82.8 Å². The molecular weight excluding hydrogens is 172 g/mol. The van der Waals surface area contributed by atoms with Crippen molar-refractivity contribution < 1.29 is 0 Å². The van der Waals surface area contributed by atoms with Crippen molar-refractivity contribution in [2.45, 2.75) is 0 Å². The Balaban J connectivity index is 2.70. The van der Waals surface area contributed by atoms with Crippen LogP contribution in [0.25, 0.3) is 16.8 Å². The van der Waals surface area contributed by atoms with E-state index in [1.54, 1.807) is 0 Å². The molecule has 0 radical (unpaired) electrons.